The minimum Gasteiger partial charge on any atom is -0.453 e. The van der Waals surface area contributed by atoms with Crippen LogP contribution in [0.1, 0.15) is 110 Å². The number of alkyl carbamates (subject to hydrolysis) is 2. The van der Waals surface area contributed by atoms with Crippen molar-refractivity contribution in [3.8, 4) is 33.6 Å². The Labute approximate surface area is 402 Å². The quantitative estimate of drug-likeness (QED) is 0.113. The fraction of sp³-hybridized carbons (Fsp3) is 0.569. The molecule has 2 aromatic carbocycles. The number of ether oxygens (including phenoxy) is 4. The SMILES string of the molecule is COC(=O)NC(C(=O)N1[C@H](C)C(C)C[C@H]1c1ncc(-c2ccc(-c3ccc(-c4nc([C@@H]5C[C@H]6C[C@H]6N5C(=O)C(NC(=O)OC)C5C[C@@H](C)O[C@@H](C)C5)[nH]c4Cl)cc3)cc2)[nH]1)C1C[C@@H](C)O[C@@H](C)C1. The monoisotopic (exact) mass is 952 g/mol. The summed E-state index contributed by atoms with van der Waals surface area (Å²) >= 11 is 6.87. The van der Waals surface area contributed by atoms with Crippen molar-refractivity contribution in [3.05, 3.63) is 71.5 Å². The number of benzene rings is 2. The minimum atomic E-state index is -0.755. The highest BCUT2D eigenvalue weighted by atomic mass is 35.5. The van der Waals surface area contributed by atoms with Crippen LogP contribution in [-0.4, -0.2) is 117 Å². The number of carbonyl (C=O) groups excluding carboxylic acids is 4. The lowest BCUT2D eigenvalue weighted by atomic mass is 9.85. The van der Waals surface area contributed by atoms with Crippen molar-refractivity contribution in [2.24, 2.45) is 23.7 Å². The molecule has 68 heavy (non-hydrogen) atoms. The molecule has 4 N–H and O–H groups in total. The van der Waals surface area contributed by atoms with Crippen LogP contribution in [0.15, 0.2) is 54.7 Å². The number of nitrogens with zero attached hydrogens (tertiary/aromatic N) is 4. The molecular formula is C51H65ClN8O8. The predicted molar refractivity (Wildman–Crippen MR) is 255 cm³/mol. The van der Waals surface area contributed by atoms with Crippen LogP contribution in [-0.2, 0) is 28.5 Å². The average molecular weight is 954 g/mol. The number of likely N-dealkylation sites (tertiary alicyclic amines) is 2. The third-order valence-corrected chi connectivity index (χ3v) is 15.5. The molecule has 14 atom stereocenters. The first-order chi connectivity index (χ1) is 32.6. The van der Waals surface area contributed by atoms with Crippen LogP contribution in [0.5, 0.6) is 0 Å². The summed E-state index contributed by atoms with van der Waals surface area (Å²) in [5, 5.41) is 6.17. The van der Waals surface area contributed by atoms with E-state index in [2.05, 4.69) is 58.7 Å². The van der Waals surface area contributed by atoms with E-state index in [1.807, 2.05) is 68.0 Å². The molecular weight excluding hydrogens is 888 g/mol. The lowest BCUT2D eigenvalue weighted by molar-refractivity contribution is -0.141. The normalized spacial score (nSPS) is 30.8. The molecule has 364 valence electrons. The number of methoxy groups -OCH3 is 2. The molecule has 17 heteroatoms. The lowest BCUT2D eigenvalue weighted by Crippen LogP contribution is -2.55. The highest BCUT2D eigenvalue weighted by molar-refractivity contribution is 6.32. The van der Waals surface area contributed by atoms with Crippen molar-refractivity contribution in [3.63, 3.8) is 0 Å². The number of halogens is 1. The number of hydrogen-bond donors (Lipinski definition) is 4. The molecule has 0 radical (unpaired) electrons. The van der Waals surface area contributed by atoms with Crippen LogP contribution in [0.25, 0.3) is 33.6 Å². The smallest absolute Gasteiger partial charge is 0.407 e. The Morgan fingerprint density at radius 2 is 1.13 bits per heavy atom. The number of imidazole rings is 2. The number of H-pyrrole nitrogens is 2. The van der Waals surface area contributed by atoms with Crippen LogP contribution >= 0.6 is 11.6 Å². The zero-order chi connectivity index (χ0) is 48.1. The Morgan fingerprint density at radius 1 is 0.647 bits per heavy atom. The van der Waals surface area contributed by atoms with E-state index >= 15 is 0 Å². The van der Waals surface area contributed by atoms with Gasteiger partial charge >= 0.3 is 12.2 Å². The van der Waals surface area contributed by atoms with E-state index in [0.29, 0.717) is 54.1 Å². The summed E-state index contributed by atoms with van der Waals surface area (Å²) in [6.45, 7) is 12.2. The molecule has 1 saturated carbocycles. The number of fused-ring (bicyclic) bond motifs is 1. The van der Waals surface area contributed by atoms with Gasteiger partial charge in [-0.2, -0.15) is 0 Å². The molecule has 4 aromatic rings. The van der Waals surface area contributed by atoms with Gasteiger partial charge in [-0.1, -0.05) is 67.1 Å². The number of carbonyl (C=O) groups is 4. The maximum Gasteiger partial charge on any atom is 0.407 e. The minimum absolute atomic E-state index is 0.0342. The van der Waals surface area contributed by atoms with Gasteiger partial charge in [-0.25, -0.2) is 19.6 Å². The van der Waals surface area contributed by atoms with Gasteiger partial charge in [0.15, 0.2) is 0 Å². The summed E-state index contributed by atoms with van der Waals surface area (Å²) in [7, 11) is 2.63. The van der Waals surface area contributed by atoms with Crippen molar-refractivity contribution in [2.45, 2.75) is 147 Å². The largest absolute Gasteiger partial charge is 0.453 e. The Balaban J connectivity index is 0.886. The van der Waals surface area contributed by atoms with Gasteiger partial charge in [0, 0.05) is 17.6 Å². The van der Waals surface area contributed by atoms with Gasteiger partial charge in [0.2, 0.25) is 11.8 Å². The highest BCUT2D eigenvalue weighted by Crippen LogP contribution is 2.54. The van der Waals surface area contributed by atoms with Gasteiger partial charge in [0.05, 0.1) is 62.6 Å². The first kappa shape index (κ1) is 47.6. The predicted octanol–water partition coefficient (Wildman–Crippen LogP) is 8.60. The Kier molecular flexibility index (Phi) is 13.7. The molecule has 4 saturated heterocycles. The van der Waals surface area contributed by atoms with Crippen molar-refractivity contribution >= 4 is 35.6 Å². The van der Waals surface area contributed by atoms with E-state index in [1.54, 1.807) is 0 Å². The van der Waals surface area contributed by atoms with Crippen molar-refractivity contribution in [1.82, 2.24) is 40.4 Å². The second kappa shape index (κ2) is 19.5. The van der Waals surface area contributed by atoms with Gasteiger partial charge in [0.25, 0.3) is 0 Å². The first-order valence-electron chi connectivity index (χ1n) is 24.3. The van der Waals surface area contributed by atoms with E-state index in [4.69, 9.17) is 40.5 Å². The molecule has 2 aromatic heterocycles. The molecule has 9 rings (SSSR count). The fourth-order valence-corrected chi connectivity index (χ4v) is 12.0. The van der Waals surface area contributed by atoms with Gasteiger partial charge in [-0.3, -0.25) is 9.59 Å². The van der Waals surface area contributed by atoms with E-state index in [0.717, 1.165) is 47.2 Å². The first-order valence-corrected chi connectivity index (χ1v) is 24.6. The number of nitrogens with one attached hydrogen (secondary N) is 4. The molecule has 5 aliphatic rings. The van der Waals surface area contributed by atoms with Gasteiger partial charge < -0.3 is 49.3 Å². The topological polar surface area (TPSA) is 193 Å². The molecule has 0 spiro atoms. The maximum absolute atomic E-state index is 14.6. The van der Waals surface area contributed by atoms with Crippen molar-refractivity contribution < 1.29 is 38.1 Å². The maximum atomic E-state index is 14.6. The number of aromatic nitrogens is 4. The summed E-state index contributed by atoms with van der Waals surface area (Å²) in [5.74, 6) is 1.46. The number of aromatic amines is 2. The average Bonchev–Trinajstić information content (AvgIpc) is 3.65. The molecule has 16 nitrogen and oxygen atoms in total. The number of piperidine rings is 1. The number of hydrogen-bond acceptors (Lipinski definition) is 10. The highest BCUT2D eigenvalue weighted by Gasteiger charge is 2.57. The van der Waals surface area contributed by atoms with E-state index < -0.39 is 24.3 Å². The summed E-state index contributed by atoms with van der Waals surface area (Å²) in [6.07, 6.45) is 5.46. The molecule has 4 aliphatic heterocycles. The molecule has 5 unspecified atom stereocenters. The lowest BCUT2D eigenvalue weighted by Gasteiger charge is -2.39. The Hall–Kier alpha value is -5.45. The van der Waals surface area contributed by atoms with Crippen LogP contribution < -0.4 is 10.6 Å². The van der Waals surface area contributed by atoms with Crippen LogP contribution in [0.2, 0.25) is 5.15 Å². The molecule has 0 bridgehead atoms. The fourth-order valence-electron chi connectivity index (χ4n) is 11.8. The summed E-state index contributed by atoms with van der Waals surface area (Å²) < 4.78 is 21.9. The third-order valence-electron chi connectivity index (χ3n) is 15.3. The zero-order valence-corrected chi connectivity index (χ0v) is 40.9. The van der Waals surface area contributed by atoms with Crippen LogP contribution in [0.3, 0.4) is 0 Å². The number of amides is 4. The van der Waals surface area contributed by atoms with Crippen LogP contribution in [0.4, 0.5) is 9.59 Å². The van der Waals surface area contributed by atoms with Gasteiger partial charge in [-0.15, -0.1) is 0 Å². The van der Waals surface area contributed by atoms with E-state index in [-0.39, 0.29) is 78.2 Å². The third kappa shape index (κ3) is 9.60. The summed E-state index contributed by atoms with van der Waals surface area (Å²) in [5.41, 5.74) is 5.27. The van der Waals surface area contributed by atoms with E-state index in [9.17, 15) is 19.2 Å². The van der Waals surface area contributed by atoms with Gasteiger partial charge in [0.1, 0.15) is 34.6 Å². The zero-order valence-electron chi connectivity index (χ0n) is 40.2. The summed E-state index contributed by atoms with van der Waals surface area (Å²) in [6, 6.07) is 14.3. The number of rotatable bonds is 11. The van der Waals surface area contributed by atoms with Gasteiger partial charge in [-0.05, 0) is 120 Å². The molecule has 1 aliphatic carbocycles. The second-order valence-electron chi connectivity index (χ2n) is 20.1. The summed E-state index contributed by atoms with van der Waals surface area (Å²) in [4.78, 5) is 74.7. The molecule has 6 heterocycles. The second-order valence-corrected chi connectivity index (χ2v) is 20.5. The Bertz CT molecular complexity index is 2460. The Morgan fingerprint density at radius 3 is 1.66 bits per heavy atom. The van der Waals surface area contributed by atoms with Crippen LogP contribution in [0, 0.1) is 23.7 Å². The standard InChI is InChI=1S/C51H65ClN8O8/c1-25-17-40(59(30(25)6)48(61)43(56-50(63)65-7)36-18-26(2)67-27(3)19-36)46-53-24-38(54-46)33-13-9-31(10-14-33)32-11-15-34(16-12-32)42-45(52)58-47(55-42)41-23-35-22-39(35)60(41)49(62)44(57-51(64)66-8)37-20-28(4)68-29(5)21-37/h9-16,24-30,35-37,39-41,43-44H,17-23H2,1-8H3,(H,53,54)(H,55,58)(H,56,63)(H,57,64)/t25?,26-,27+,28-,29+,30-,35-,36?,37?,39-,40+,41+,43?,44?/m1/s1. The van der Waals surface area contributed by atoms with Crippen molar-refractivity contribution in [1.29, 1.82) is 0 Å². The molecule has 4 amide bonds. The molecule has 5 fully saturated rings. The van der Waals surface area contributed by atoms with Crippen molar-refractivity contribution in [2.75, 3.05) is 14.2 Å². The van der Waals surface area contributed by atoms with E-state index in [1.165, 1.54) is 14.2 Å².